The summed E-state index contributed by atoms with van der Waals surface area (Å²) in [6.45, 7) is 21.3. The number of aliphatic hydroxyl groups excluding tert-OH is 2. The van der Waals surface area contributed by atoms with Gasteiger partial charge in [-0.1, -0.05) is 0 Å². The summed E-state index contributed by atoms with van der Waals surface area (Å²) < 4.78 is 0. The molecule has 0 aromatic carbocycles. The molecule has 0 aromatic rings. The SMILES string of the molecule is C[C@H]1CN[C@@H](CO)CN[C@@H](C)C[NH2+][C@@H](C)CN1.C[C@H]1CN[C@@H](CO)C[NH2+][C@@H](C)CN[C@@H](C)CN1.O.[Cl-].[Cl-]. The Morgan fingerprint density at radius 2 is 0.892 bits per heavy atom. The van der Waals surface area contributed by atoms with Crippen molar-refractivity contribution < 1.29 is 51.1 Å². The van der Waals surface area contributed by atoms with Crippen molar-refractivity contribution in [2.45, 2.75) is 89.9 Å². The Hall–Kier alpha value is 0.140. The molecule has 11 nitrogen and oxygen atoms in total. The van der Waals surface area contributed by atoms with Crippen LogP contribution < -0.4 is 67.3 Å². The fourth-order valence-corrected chi connectivity index (χ4v) is 3.91. The number of quaternary nitrogens is 2. The second kappa shape index (κ2) is 25.1. The number of halogens is 2. The topological polar surface area (TPSA) is 177 Å². The molecule has 2 aliphatic heterocycles. The van der Waals surface area contributed by atoms with Crippen molar-refractivity contribution in [3.8, 4) is 0 Å². The van der Waals surface area contributed by atoms with E-state index < -0.39 is 0 Å². The largest absolute Gasteiger partial charge is 1.00 e. The van der Waals surface area contributed by atoms with Crippen LogP contribution in [-0.2, 0) is 0 Å². The molecule has 0 bridgehead atoms. The van der Waals surface area contributed by atoms with Crippen LogP contribution in [0, 0.1) is 0 Å². The summed E-state index contributed by atoms with van der Waals surface area (Å²) in [7, 11) is 0. The second-order valence-electron chi connectivity index (χ2n) is 10.7. The molecule has 228 valence electrons. The van der Waals surface area contributed by atoms with Crippen LogP contribution in [0.25, 0.3) is 0 Å². The van der Waals surface area contributed by atoms with Crippen LogP contribution in [0.3, 0.4) is 0 Å². The highest BCUT2D eigenvalue weighted by Gasteiger charge is 2.17. The van der Waals surface area contributed by atoms with Gasteiger partial charge in [0, 0.05) is 63.4 Å². The predicted octanol–water partition coefficient (Wildman–Crippen LogP) is -11.1. The molecule has 37 heavy (non-hydrogen) atoms. The first-order chi connectivity index (χ1) is 16.2. The summed E-state index contributed by atoms with van der Waals surface area (Å²) >= 11 is 0. The summed E-state index contributed by atoms with van der Waals surface area (Å²) in [5, 5.41) is 44.0. The van der Waals surface area contributed by atoms with Crippen molar-refractivity contribution in [2.75, 3.05) is 65.6 Å². The van der Waals surface area contributed by atoms with Crippen LogP contribution in [0.4, 0.5) is 0 Å². The molecule has 2 aliphatic rings. The third kappa shape index (κ3) is 21.6. The molecule has 2 heterocycles. The molecule has 0 amide bonds. The van der Waals surface area contributed by atoms with Crippen molar-refractivity contribution >= 4 is 0 Å². The molecule has 14 N–H and O–H groups in total. The van der Waals surface area contributed by atoms with E-state index in [0.717, 1.165) is 52.4 Å². The average Bonchev–Trinajstić information content (AvgIpc) is 2.82. The van der Waals surface area contributed by atoms with E-state index in [4.69, 9.17) is 0 Å². The highest BCUT2D eigenvalue weighted by Crippen LogP contribution is 1.89. The van der Waals surface area contributed by atoms with Crippen molar-refractivity contribution in [1.82, 2.24) is 31.9 Å². The lowest BCUT2D eigenvalue weighted by atomic mass is 10.2. The van der Waals surface area contributed by atoms with Gasteiger partial charge in [0.2, 0.25) is 0 Å². The summed E-state index contributed by atoms with van der Waals surface area (Å²) in [5.74, 6) is 0. The zero-order valence-corrected chi connectivity index (χ0v) is 25.5. The van der Waals surface area contributed by atoms with E-state index in [1.54, 1.807) is 0 Å². The lowest BCUT2D eigenvalue weighted by molar-refractivity contribution is -0.686. The van der Waals surface area contributed by atoms with Crippen LogP contribution in [0.1, 0.15) is 41.5 Å². The smallest absolute Gasteiger partial charge is 0.0957 e. The van der Waals surface area contributed by atoms with Gasteiger partial charge in [-0.25, -0.2) is 0 Å². The van der Waals surface area contributed by atoms with Crippen molar-refractivity contribution in [3.63, 3.8) is 0 Å². The molecule has 0 aliphatic carbocycles. The first-order valence-electron chi connectivity index (χ1n) is 13.5. The Balaban J connectivity index is -0.000000578. The highest BCUT2D eigenvalue weighted by molar-refractivity contribution is 4.76. The molecule has 13 heteroatoms. The minimum absolute atomic E-state index is 0. The van der Waals surface area contributed by atoms with Gasteiger partial charge in [-0.15, -0.1) is 0 Å². The highest BCUT2D eigenvalue weighted by atomic mass is 35.5. The Morgan fingerprint density at radius 1 is 0.514 bits per heavy atom. The molecule has 2 rings (SSSR count). The van der Waals surface area contributed by atoms with Gasteiger partial charge in [-0.05, 0) is 41.5 Å². The third-order valence-corrected chi connectivity index (χ3v) is 6.64. The Kier molecular flexibility index (Phi) is 28.3. The minimum atomic E-state index is 0. The van der Waals surface area contributed by atoms with Crippen LogP contribution in [0.5, 0.6) is 0 Å². The molecule has 0 aromatic heterocycles. The number of nitrogens with one attached hydrogen (secondary N) is 6. The summed E-state index contributed by atoms with van der Waals surface area (Å²) in [4.78, 5) is 0. The number of aliphatic hydroxyl groups is 2. The van der Waals surface area contributed by atoms with Gasteiger partial charge < -0.3 is 83.0 Å². The number of hydrogen-bond acceptors (Lipinski definition) is 8. The molecule has 0 spiro atoms. The number of nitrogens with two attached hydrogens (primary N) is 2. The molecule has 2 fully saturated rings. The van der Waals surface area contributed by atoms with Crippen molar-refractivity contribution in [3.05, 3.63) is 0 Å². The van der Waals surface area contributed by atoms with Crippen molar-refractivity contribution in [2.24, 2.45) is 0 Å². The van der Waals surface area contributed by atoms with E-state index in [-0.39, 0.29) is 55.6 Å². The van der Waals surface area contributed by atoms with Crippen LogP contribution >= 0.6 is 0 Å². The quantitative estimate of drug-likeness (QED) is 0.153. The standard InChI is InChI=1S/2C12H28N4O.2ClH.H2O/c2*1-9-4-14-11(3)6-16-12(8-17)7-15-10(2)5-13-9;;;/h2*9-17H,4-8H2,1-3H3;2*1H;1H2/t2*9-,10-,11-,12+;;;/m00.../s1. The maximum Gasteiger partial charge on any atom is 0.0957 e. The molecule has 0 saturated carbocycles. The first kappa shape index (κ1) is 41.6. The lowest BCUT2D eigenvalue weighted by Crippen LogP contribution is -3.00. The molecule has 0 unspecified atom stereocenters. The monoisotopic (exact) mass is 578 g/mol. The van der Waals surface area contributed by atoms with E-state index in [1.165, 1.54) is 0 Å². The Bertz CT molecular complexity index is 427. The maximum absolute atomic E-state index is 9.29. The summed E-state index contributed by atoms with van der Waals surface area (Å²) in [6, 6.07) is 3.35. The predicted molar refractivity (Wildman–Crippen MR) is 144 cm³/mol. The van der Waals surface area contributed by atoms with Gasteiger partial charge in [-0.3, -0.25) is 0 Å². The molecule has 0 radical (unpaired) electrons. The van der Waals surface area contributed by atoms with Crippen LogP contribution in [0.15, 0.2) is 0 Å². The van der Waals surface area contributed by atoms with E-state index >= 15 is 0 Å². The molecular weight excluding hydrogens is 519 g/mol. The van der Waals surface area contributed by atoms with E-state index in [2.05, 4.69) is 84.1 Å². The fourth-order valence-electron chi connectivity index (χ4n) is 3.91. The van der Waals surface area contributed by atoms with Crippen LogP contribution in [-0.4, -0.2) is 130 Å². The van der Waals surface area contributed by atoms with Gasteiger partial charge in [0.05, 0.1) is 50.5 Å². The minimum Gasteiger partial charge on any atom is -1.00 e. The normalized spacial score (nSPS) is 35.0. The van der Waals surface area contributed by atoms with E-state index in [9.17, 15) is 10.2 Å². The van der Waals surface area contributed by atoms with Gasteiger partial charge >= 0.3 is 0 Å². The lowest BCUT2D eigenvalue weighted by Gasteiger charge is -2.25. The van der Waals surface area contributed by atoms with Crippen molar-refractivity contribution in [1.29, 1.82) is 0 Å². The summed E-state index contributed by atoms with van der Waals surface area (Å²) in [5.41, 5.74) is 0. The van der Waals surface area contributed by atoms with Gasteiger partial charge in [-0.2, -0.15) is 0 Å². The van der Waals surface area contributed by atoms with Gasteiger partial charge in [0.25, 0.3) is 0 Å². The fraction of sp³-hybridized carbons (Fsp3) is 1.00. The zero-order chi connectivity index (χ0) is 25.3. The van der Waals surface area contributed by atoms with Gasteiger partial charge in [0.1, 0.15) is 0 Å². The second-order valence-corrected chi connectivity index (χ2v) is 10.7. The van der Waals surface area contributed by atoms with Gasteiger partial charge in [0.15, 0.2) is 0 Å². The number of hydrogen-bond donors (Lipinski definition) is 10. The van der Waals surface area contributed by atoms with E-state index in [1.807, 2.05) is 0 Å². The molecule has 2 saturated heterocycles. The van der Waals surface area contributed by atoms with Crippen LogP contribution in [0.2, 0.25) is 0 Å². The summed E-state index contributed by atoms with van der Waals surface area (Å²) in [6.07, 6.45) is 0. The third-order valence-electron chi connectivity index (χ3n) is 6.64. The Labute approximate surface area is 238 Å². The molecule has 8 atom stereocenters. The molecular formula is C24H60Cl2N8O3. The number of rotatable bonds is 2. The average molecular weight is 580 g/mol. The maximum atomic E-state index is 9.29. The first-order valence-corrected chi connectivity index (χ1v) is 13.5. The zero-order valence-electron chi connectivity index (χ0n) is 24.0. The van der Waals surface area contributed by atoms with E-state index in [0.29, 0.717) is 36.3 Å². The Morgan fingerprint density at radius 3 is 1.38 bits per heavy atom.